The third-order valence-corrected chi connectivity index (χ3v) is 6.43. The minimum atomic E-state index is -5.08. The van der Waals surface area contributed by atoms with Crippen LogP contribution in [0.2, 0.25) is 0 Å². The zero-order chi connectivity index (χ0) is 28.9. The summed E-state index contributed by atoms with van der Waals surface area (Å²) in [5.41, 5.74) is 9.33. The number of benzene rings is 2. The molecule has 4 N–H and O–H groups in total. The zero-order valence-corrected chi connectivity index (χ0v) is 21.8. The normalized spacial score (nSPS) is 15.4. The van der Waals surface area contributed by atoms with Crippen LogP contribution in [0.5, 0.6) is 0 Å². The standard InChI is InChI=1S/C25H29N7O.C2HF3O2/c1-30-23(33)21-22(28-24(30)27-15-18-9-4-2-5-10-18)29-25(31-14-8-13-20(26)17-31)32(21)16-19-11-6-3-7-12-19;3-2(4,5)1(6)7/h2-7,9-12,20H,8,13-17,26H2,1H3,(H,27,28);(H,6,7). The van der Waals surface area contributed by atoms with Gasteiger partial charge in [-0.2, -0.15) is 23.1 Å². The minimum Gasteiger partial charge on any atom is -0.475 e. The highest BCUT2D eigenvalue weighted by atomic mass is 19.4. The molecule has 1 aliphatic rings. The first-order chi connectivity index (χ1) is 19.0. The summed E-state index contributed by atoms with van der Waals surface area (Å²) < 4.78 is 35.3. The zero-order valence-electron chi connectivity index (χ0n) is 21.8. The Kier molecular flexibility index (Phi) is 8.73. The number of nitrogens with one attached hydrogen (secondary N) is 1. The summed E-state index contributed by atoms with van der Waals surface area (Å²) in [5, 5.41) is 10.4. The lowest BCUT2D eigenvalue weighted by Gasteiger charge is -2.31. The fourth-order valence-corrected chi connectivity index (χ4v) is 4.43. The van der Waals surface area contributed by atoms with E-state index in [0.717, 1.165) is 43.0 Å². The van der Waals surface area contributed by atoms with Gasteiger partial charge in [-0.3, -0.25) is 13.9 Å². The van der Waals surface area contributed by atoms with E-state index in [9.17, 15) is 18.0 Å². The van der Waals surface area contributed by atoms with Gasteiger partial charge in [0.25, 0.3) is 5.56 Å². The lowest BCUT2D eigenvalue weighted by atomic mass is 10.1. The van der Waals surface area contributed by atoms with Gasteiger partial charge >= 0.3 is 12.1 Å². The molecule has 1 fully saturated rings. The molecule has 0 amide bonds. The Morgan fingerprint density at radius 3 is 2.25 bits per heavy atom. The second-order valence-corrected chi connectivity index (χ2v) is 9.45. The molecule has 4 aromatic rings. The van der Waals surface area contributed by atoms with Crippen molar-refractivity contribution in [3.63, 3.8) is 0 Å². The Hall–Kier alpha value is -4.39. The summed E-state index contributed by atoms with van der Waals surface area (Å²) in [6.07, 6.45) is -3.08. The number of halogens is 3. The fraction of sp³-hybridized carbons (Fsp3) is 0.333. The van der Waals surface area contributed by atoms with Crippen LogP contribution in [0.25, 0.3) is 11.2 Å². The number of anilines is 2. The van der Waals surface area contributed by atoms with E-state index in [-0.39, 0.29) is 11.6 Å². The number of carboxylic acid groups (broad SMARTS) is 1. The van der Waals surface area contributed by atoms with Crippen molar-refractivity contribution in [3.05, 3.63) is 82.1 Å². The van der Waals surface area contributed by atoms with Crippen LogP contribution in [-0.4, -0.2) is 55.5 Å². The molecule has 13 heteroatoms. The van der Waals surface area contributed by atoms with Crippen molar-refractivity contribution < 1.29 is 23.1 Å². The highest BCUT2D eigenvalue weighted by Crippen LogP contribution is 2.25. The molecule has 2 aromatic heterocycles. The number of carboxylic acids is 1. The number of carbonyl (C=O) groups is 1. The lowest BCUT2D eigenvalue weighted by Crippen LogP contribution is -2.44. The molecule has 40 heavy (non-hydrogen) atoms. The molecule has 0 spiro atoms. The van der Waals surface area contributed by atoms with Gasteiger partial charge in [0.05, 0.1) is 6.54 Å². The first-order valence-electron chi connectivity index (χ1n) is 12.6. The molecule has 1 saturated heterocycles. The molecule has 1 aliphatic heterocycles. The van der Waals surface area contributed by atoms with Crippen molar-refractivity contribution in [1.82, 2.24) is 19.1 Å². The Labute approximate surface area is 227 Å². The quantitative estimate of drug-likeness (QED) is 0.329. The van der Waals surface area contributed by atoms with Crippen LogP contribution < -0.4 is 21.5 Å². The highest BCUT2D eigenvalue weighted by molar-refractivity contribution is 5.76. The van der Waals surface area contributed by atoms with E-state index in [4.69, 9.17) is 25.6 Å². The SMILES string of the molecule is Cn1c(NCc2ccccc2)nc2nc(N3CCCC(N)C3)n(Cc3ccccc3)c2c1=O.O=C(O)C(F)(F)F. The van der Waals surface area contributed by atoms with Crippen LogP contribution in [0.1, 0.15) is 24.0 Å². The number of aliphatic carboxylic acids is 1. The lowest BCUT2D eigenvalue weighted by molar-refractivity contribution is -0.192. The van der Waals surface area contributed by atoms with Gasteiger partial charge in [0.1, 0.15) is 0 Å². The van der Waals surface area contributed by atoms with Gasteiger partial charge in [-0.05, 0) is 24.0 Å². The van der Waals surface area contributed by atoms with Gasteiger partial charge in [-0.25, -0.2) is 4.79 Å². The van der Waals surface area contributed by atoms with Crippen molar-refractivity contribution in [2.75, 3.05) is 23.3 Å². The van der Waals surface area contributed by atoms with Crippen LogP contribution in [0.3, 0.4) is 0 Å². The molecular weight excluding hydrogens is 527 g/mol. The molecule has 0 bridgehead atoms. The first-order valence-corrected chi connectivity index (χ1v) is 12.6. The third kappa shape index (κ3) is 6.78. The summed E-state index contributed by atoms with van der Waals surface area (Å²) in [7, 11) is 1.75. The summed E-state index contributed by atoms with van der Waals surface area (Å²) in [6.45, 7) is 2.71. The van der Waals surface area contributed by atoms with E-state index < -0.39 is 12.1 Å². The highest BCUT2D eigenvalue weighted by Gasteiger charge is 2.38. The molecule has 212 valence electrons. The molecule has 1 unspecified atom stereocenters. The fourth-order valence-electron chi connectivity index (χ4n) is 4.43. The molecule has 0 radical (unpaired) electrons. The maximum absolute atomic E-state index is 13.5. The number of nitrogens with zero attached hydrogens (tertiary/aromatic N) is 5. The summed E-state index contributed by atoms with van der Waals surface area (Å²) in [6, 6.07) is 20.3. The third-order valence-electron chi connectivity index (χ3n) is 6.43. The van der Waals surface area contributed by atoms with Gasteiger partial charge in [-0.1, -0.05) is 60.7 Å². The van der Waals surface area contributed by atoms with E-state index >= 15 is 0 Å². The number of hydrogen-bond donors (Lipinski definition) is 3. The smallest absolute Gasteiger partial charge is 0.475 e. The maximum Gasteiger partial charge on any atom is 0.490 e. The number of nitrogens with two attached hydrogens (primary N) is 1. The molecule has 1 atom stereocenters. The van der Waals surface area contributed by atoms with E-state index in [1.54, 1.807) is 11.6 Å². The number of fused-ring (bicyclic) bond motifs is 1. The van der Waals surface area contributed by atoms with E-state index in [1.807, 2.05) is 53.1 Å². The van der Waals surface area contributed by atoms with Crippen LogP contribution in [-0.2, 0) is 24.9 Å². The molecule has 0 saturated carbocycles. The van der Waals surface area contributed by atoms with Gasteiger partial charge < -0.3 is 21.1 Å². The summed E-state index contributed by atoms with van der Waals surface area (Å²) in [5.74, 6) is -1.50. The predicted octanol–water partition coefficient (Wildman–Crippen LogP) is 3.35. The first kappa shape index (κ1) is 28.6. The monoisotopic (exact) mass is 557 g/mol. The van der Waals surface area contributed by atoms with Crippen molar-refractivity contribution in [2.45, 2.75) is 38.1 Å². The summed E-state index contributed by atoms with van der Waals surface area (Å²) in [4.78, 5) is 34.2. The predicted molar refractivity (Wildman–Crippen MR) is 145 cm³/mol. The van der Waals surface area contributed by atoms with Crippen molar-refractivity contribution in [2.24, 2.45) is 12.8 Å². The van der Waals surface area contributed by atoms with Crippen LogP contribution >= 0.6 is 0 Å². The van der Waals surface area contributed by atoms with Crippen LogP contribution in [0, 0.1) is 0 Å². The van der Waals surface area contributed by atoms with Gasteiger partial charge in [-0.15, -0.1) is 0 Å². The Balaban J connectivity index is 0.000000470. The van der Waals surface area contributed by atoms with Crippen LogP contribution in [0.15, 0.2) is 65.5 Å². The number of alkyl halides is 3. The average molecular weight is 558 g/mol. The largest absolute Gasteiger partial charge is 0.490 e. The number of rotatable bonds is 6. The van der Waals surface area contributed by atoms with Gasteiger partial charge in [0, 0.05) is 32.7 Å². The van der Waals surface area contributed by atoms with E-state index in [0.29, 0.717) is 30.2 Å². The Bertz CT molecular complexity index is 1510. The topological polar surface area (TPSA) is 131 Å². The van der Waals surface area contributed by atoms with Gasteiger partial charge in [0.15, 0.2) is 11.2 Å². The van der Waals surface area contributed by atoms with Crippen LogP contribution in [0.4, 0.5) is 25.1 Å². The molecular formula is C27H30F3N7O3. The number of imidazole rings is 1. The Morgan fingerprint density at radius 1 is 1.07 bits per heavy atom. The van der Waals surface area contributed by atoms with E-state index in [1.165, 1.54) is 0 Å². The molecule has 10 nitrogen and oxygen atoms in total. The second-order valence-electron chi connectivity index (χ2n) is 9.45. The van der Waals surface area contributed by atoms with Crippen molar-refractivity contribution in [1.29, 1.82) is 0 Å². The van der Waals surface area contributed by atoms with Crippen molar-refractivity contribution in [3.8, 4) is 0 Å². The number of aromatic nitrogens is 4. The average Bonchev–Trinajstić information content (AvgIpc) is 3.29. The Morgan fingerprint density at radius 2 is 1.68 bits per heavy atom. The maximum atomic E-state index is 13.5. The van der Waals surface area contributed by atoms with Crippen molar-refractivity contribution >= 4 is 29.0 Å². The summed E-state index contributed by atoms with van der Waals surface area (Å²) >= 11 is 0. The molecule has 0 aliphatic carbocycles. The van der Waals surface area contributed by atoms with Gasteiger partial charge in [0.2, 0.25) is 11.9 Å². The second kappa shape index (κ2) is 12.2. The molecule has 3 heterocycles. The molecule has 5 rings (SSSR count). The molecule has 2 aromatic carbocycles. The van der Waals surface area contributed by atoms with E-state index in [2.05, 4.69) is 22.3 Å². The minimum absolute atomic E-state index is 0.0997. The number of piperidine rings is 1. The number of hydrogen-bond acceptors (Lipinski definition) is 7.